The number of carbonyl (C=O) groups is 1. The molecule has 0 aromatic carbocycles. The molecule has 1 aliphatic rings. The SMILES string of the molecule is CC(=O)NC1C(OC(C(O)CO)C(O)C(O)CO)OC(CO)C(O)C1O. The fraction of sp³-hybridized carbons (Fsp3) is 0.929. The van der Waals surface area contributed by atoms with Gasteiger partial charge in [-0.3, -0.25) is 4.79 Å². The van der Waals surface area contributed by atoms with Crippen molar-refractivity contribution in [2.45, 2.75) is 62.0 Å². The zero-order chi connectivity index (χ0) is 20.0. The number of rotatable bonds is 9. The molecule has 0 aromatic rings. The van der Waals surface area contributed by atoms with Gasteiger partial charge in [0.1, 0.15) is 48.8 Å². The number of hydrogen-bond donors (Lipinski definition) is 9. The van der Waals surface area contributed by atoms with E-state index < -0.39 is 80.8 Å². The molecule has 0 aromatic heterocycles. The highest BCUT2D eigenvalue weighted by molar-refractivity contribution is 5.73. The first-order chi connectivity index (χ1) is 12.2. The number of carbonyl (C=O) groups excluding carboxylic acids is 1. The minimum Gasteiger partial charge on any atom is -0.394 e. The van der Waals surface area contributed by atoms with E-state index in [9.17, 15) is 35.4 Å². The van der Waals surface area contributed by atoms with E-state index >= 15 is 0 Å². The van der Waals surface area contributed by atoms with E-state index in [2.05, 4.69) is 5.32 Å². The van der Waals surface area contributed by atoms with Gasteiger partial charge in [0.25, 0.3) is 0 Å². The highest BCUT2D eigenvalue weighted by atomic mass is 16.7. The zero-order valence-electron chi connectivity index (χ0n) is 14.1. The molecule has 0 aliphatic carbocycles. The van der Waals surface area contributed by atoms with Gasteiger partial charge in [-0.25, -0.2) is 0 Å². The Balaban J connectivity index is 3.07. The lowest BCUT2D eigenvalue weighted by Crippen LogP contribution is -2.66. The molecule has 12 heteroatoms. The normalized spacial score (nSPS) is 34.0. The third-order valence-corrected chi connectivity index (χ3v) is 4.03. The van der Waals surface area contributed by atoms with Crippen LogP contribution in [0.15, 0.2) is 0 Å². The third-order valence-electron chi connectivity index (χ3n) is 4.03. The van der Waals surface area contributed by atoms with Crippen LogP contribution in [0.3, 0.4) is 0 Å². The van der Waals surface area contributed by atoms with Gasteiger partial charge in [0.05, 0.1) is 19.8 Å². The summed E-state index contributed by atoms with van der Waals surface area (Å²) in [5.74, 6) is -0.615. The highest BCUT2D eigenvalue weighted by Crippen LogP contribution is 2.25. The van der Waals surface area contributed by atoms with Gasteiger partial charge in [-0.05, 0) is 0 Å². The van der Waals surface area contributed by atoms with Crippen molar-refractivity contribution in [3.05, 3.63) is 0 Å². The fourth-order valence-electron chi connectivity index (χ4n) is 2.57. The van der Waals surface area contributed by atoms with Crippen molar-refractivity contribution < 1.29 is 55.1 Å². The minimum absolute atomic E-state index is 0.615. The molecule has 0 bridgehead atoms. The van der Waals surface area contributed by atoms with Crippen molar-refractivity contribution in [1.82, 2.24) is 5.32 Å². The van der Waals surface area contributed by atoms with Crippen LogP contribution in [-0.4, -0.2) is 122 Å². The Hall–Kier alpha value is -0.930. The second-order valence-corrected chi connectivity index (χ2v) is 6.02. The molecule has 0 radical (unpaired) electrons. The van der Waals surface area contributed by atoms with Gasteiger partial charge < -0.3 is 55.6 Å². The Bertz CT molecular complexity index is 439. The van der Waals surface area contributed by atoms with Crippen LogP contribution < -0.4 is 5.32 Å². The largest absolute Gasteiger partial charge is 0.394 e. The summed E-state index contributed by atoms with van der Waals surface area (Å²) in [6.45, 7) is -1.34. The molecule has 1 heterocycles. The minimum atomic E-state index is -1.86. The maximum Gasteiger partial charge on any atom is 0.217 e. The number of aliphatic hydroxyl groups excluding tert-OH is 8. The van der Waals surface area contributed by atoms with E-state index in [4.69, 9.17) is 19.7 Å². The van der Waals surface area contributed by atoms with Gasteiger partial charge in [-0.1, -0.05) is 0 Å². The molecule has 0 saturated carbocycles. The van der Waals surface area contributed by atoms with Crippen molar-refractivity contribution in [1.29, 1.82) is 0 Å². The quantitative estimate of drug-likeness (QED) is 0.183. The lowest BCUT2D eigenvalue weighted by molar-refractivity contribution is -0.302. The molecular weight excluding hydrogens is 358 g/mol. The molecule has 1 saturated heterocycles. The summed E-state index contributed by atoms with van der Waals surface area (Å²) in [5, 5.41) is 79.1. The zero-order valence-corrected chi connectivity index (χ0v) is 14.1. The Morgan fingerprint density at radius 2 is 1.65 bits per heavy atom. The molecule has 154 valence electrons. The summed E-state index contributed by atoms with van der Waals surface area (Å²) in [6.07, 6.45) is -13.1. The van der Waals surface area contributed by atoms with Crippen LogP contribution in [0.2, 0.25) is 0 Å². The van der Waals surface area contributed by atoms with Gasteiger partial charge in [0.15, 0.2) is 6.29 Å². The molecule has 9 unspecified atom stereocenters. The standard InChI is InChI=1S/C14H27NO11/c1-5(19)15-9-12(24)11(23)8(4-18)25-14(9)26-13(7(21)3-17)10(22)6(20)2-16/h6-14,16-18,20-24H,2-4H2,1H3,(H,15,19). The van der Waals surface area contributed by atoms with Crippen LogP contribution in [-0.2, 0) is 14.3 Å². The van der Waals surface area contributed by atoms with E-state index in [-0.39, 0.29) is 0 Å². The molecule has 1 aliphatic heterocycles. The predicted molar refractivity (Wildman–Crippen MR) is 82.4 cm³/mol. The maximum atomic E-state index is 11.3. The van der Waals surface area contributed by atoms with Crippen LogP contribution in [0.1, 0.15) is 6.92 Å². The number of nitrogens with one attached hydrogen (secondary N) is 1. The van der Waals surface area contributed by atoms with Crippen LogP contribution in [0.5, 0.6) is 0 Å². The van der Waals surface area contributed by atoms with Gasteiger partial charge in [-0.2, -0.15) is 0 Å². The van der Waals surface area contributed by atoms with E-state index in [0.29, 0.717) is 0 Å². The van der Waals surface area contributed by atoms with Crippen LogP contribution in [0.25, 0.3) is 0 Å². The first kappa shape index (κ1) is 23.1. The summed E-state index contributed by atoms with van der Waals surface area (Å²) >= 11 is 0. The predicted octanol–water partition coefficient (Wildman–Crippen LogP) is -5.62. The number of ether oxygens (including phenoxy) is 2. The molecule has 12 nitrogen and oxygen atoms in total. The smallest absolute Gasteiger partial charge is 0.217 e. The summed E-state index contributed by atoms with van der Waals surface area (Å²) in [4.78, 5) is 11.3. The van der Waals surface area contributed by atoms with E-state index in [1.165, 1.54) is 0 Å². The Morgan fingerprint density at radius 3 is 2.12 bits per heavy atom. The van der Waals surface area contributed by atoms with E-state index in [1.54, 1.807) is 0 Å². The Morgan fingerprint density at radius 1 is 1.08 bits per heavy atom. The molecule has 1 rings (SSSR count). The Labute approximate surface area is 149 Å². The lowest BCUT2D eigenvalue weighted by Gasteiger charge is -2.44. The molecule has 9 N–H and O–H groups in total. The number of amides is 1. The van der Waals surface area contributed by atoms with Crippen molar-refractivity contribution in [2.24, 2.45) is 0 Å². The number of hydrogen-bond acceptors (Lipinski definition) is 11. The highest BCUT2D eigenvalue weighted by Gasteiger charge is 2.47. The van der Waals surface area contributed by atoms with Gasteiger partial charge >= 0.3 is 0 Å². The fourth-order valence-corrected chi connectivity index (χ4v) is 2.57. The summed E-state index contributed by atoms with van der Waals surface area (Å²) < 4.78 is 10.6. The average molecular weight is 385 g/mol. The van der Waals surface area contributed by atoms with E-state index in [1.807, 2.05) is 0 Å². The Kier molecular flexibility index (Phi) is 9.26. The van der Waals surface area contributed by atoms with Gasteiger partial charge in [-0.15, -0.1) is 0 Å². The molecule has 1 amide bonds. The average Bonchev–Trinajstić information content (AvgIpc) is 2.62. The second kappa shape index (κ2) is 10.4. The van der Waals surface area contributed by atoms with Crippen LogP contribution in [0, 0.1) is 0 Å². The summed E-state index contributed by atoms with van der Waals surface area (Å²) in [7, 11) is 0. The summed E-state index contributed by atoms with van der Waals surface area (Å²) in [5.41, 5.74) is 0. The first-order valence-electron chi connectivity index (χ1n) is 7.98. The molecular formula is C14H27NO11. The molecule has 9 atom stereocenters. The topological polar surface area (TPSA) is 209 Å². The van der Waals surface area contributed by atoms with E-state index in [0.717, 1.165) is 6.92 Å². The van der Waals surface area contributed by atoms with Crippen molar-refractivity contribution >= 4 is 5.91 Å². The first-order valence-corrected chi connectivity index (χ1v) is 7.98. The lowest BCUT2D eigenvalue weighted by atomic mass is 9.96. The maximum absolute atomic E-state index is 11.3. The van der Waals surface area contributed by atoms with Crippen LogP contribution in [0.4, 0.5) is 0 Å². The monoisotopic (exact) mass is 385 g/mol. The van der Waals surface area contributed by atoms with Gasteiger partial charge in [0, 0.05) is 6.92 Å². The molecule has 26 heavy (non-hydrogen) atoms. The van der Waals surface area contributed by atoms with Crippen LogP contribution >= 0.6 is 0 Å². The summed E-state index contributed by atoms with van der Waals surface area (Å²) in [6, 6.07) is -1.35. The van der Waals surface area contributed by atoms with Gasteiger partial charge in [0.2, 0.25) is 5.91 Å². The second-order valence-electron chi connectivity index (χ2n) is 6.02. The third kappa shape index (κ3) is 5.53. The van der Waals surface area contributed by atoms with Crippen molar-refractivity contribution in [3.8, 4) is 0 Å². The number of aliphatic hydroxyl groups is 8. The van der Waals surface area contributed by atoms with Crippen molar-refractivity contribution in [2.75, 3.05) is 19.8 Å². The van der Waals surface area contributed by atoms with Crippen molar-refractivity contribution in [3.63, 3.8) is 0 Å². The molecule has 1 fully saturated rings. The molecule has 0 spiro atoms.